The highest BCUT2D eigenvalue weighted by molar-refractivity contribution is 5.79. The molecule has 2 amide bonds. The van der Waals surface area contributed by atoms with Gasteiger partial charge >= 0.3 is 12.1 Å². The van der Waals surface area contributed by atoms with Gasteiger partial charge in [0.15, 0.2) is 0 Å². The van der Waals surface area contributed by atoms with Crippen LogP contribution < -0.4 is 10.6 Å². The Labute approximate surface area is 186 Å². The Hall–Kier alpha value is -3.39. The molecule has 2 aromatic carbocycles. The standard InChI is InChI=1S/C24H28N2O6/c1-15(10-11-23(29)30)26-22(28)12-16(27)13-25-24(31)32-14-21-19-8-4-2-6-17(19)18-7-3-5-9-20(18)21/h2-9,15-16,21,27H,10-14H2,1H3,(H,25,31)(H,26,28)(H,29,30). The zero-order valence-electron chi connectivity index (χ0n) is 17.9. The molecule has 2 atom stereocenters. The van der Waals surface area contributed by atoms with Crippen molar-refractivity contribution in [1.82, 2.24) is 10.6 Å². The lowest BCUT2D eigenvalue weighted by molar-refractivity contribution is -0.137. The first kappa shape index (κ1) is 23.3. The van der Waals surface area contributed by atoms with Gasteiger partial charge in [-0.2, -0.15) is 0 Å². The van der Waals surface area contributed by atoms with Crippen LogP contribution in [-0.2, 0) is 14.3 Å². The maximum Gasteiger partial charge on any atom is 0.407 e. The van der Waals surface area contributed by atoms with E-state index in [4.69, 9.17) is 9.84 Å². The molecule has 1 aliphatic carbocycles. The molecule has 0 heterocycles. The largest absolute Gasteiger partial charge is 0.481 e. The van der Waals surface area contributed by atoms with Crippen molar-refractivity contribution in [2.24, 2.45) is 0 Å². The number of aliphatic hydroxyl groups is 1. The van der Waals surface area contributed by atoms with Gasteiger partial charge in [0.05, 0.1) is 12.5 Å². The van der Waals surface area contributed by atoms with Crippen molar-refractivity contribution in [2.45, 2.75) is 44.2 Å². The van der Waals surface area contributed by atoms with E-state index in [2.05, 4.69) is 22.8 Å². The second kappa shape index (κ2) is 10.8. The number of alkyl carbamates (subject to hydrolysis) is 1. The molecule has 8 heteroatoms. The highest BCUT2D eigenvalue weighted by atomic mass is 16.5. The Morgan fingerprint density at radius 2 is 1.62 bits per heavy atom. The summed E-state index contributed by atoms with van der Waals surface area (Å²) in [5, 5.41) is 23.8. The van der Waals surface area contributed by atoms with Crippen LogP contribution in [0.5, 0.6) is 0 Å². The third kappa shape index (κ3) is 6.07. The van der Waals surface area contributed by atoms with E-state index in [1.165, 1.54) is 0 Å². The number of carboxylic acid groups (broad SMARTS) is 1. The Kier molecular flexibility index (Phi) is 7.83. The fourth-order valence-corrected chi connectivity index (χ4v) is 3.88. The Morgan fingerprint density at radius 3 is 2.22 bits per heavy atom. The molecule has 0 fully saturated rings. The molecule has 2 aromatic rings. The van der Waals surface area contributed by atoms with Gasteiger partial charge in [-0.15, -0.1) is 0 Å². The zero-order valence-corrected chi connectivity index (χ0v) is 17.9. The quantitative estimate of drug-likeness (QED) is 0.450. The number of amides is 2. The molecule has 170 valence electrons. The van der Waals surface area contributed by atoms with Crippen LogP contribution in [0.1, 0.15) is 43.2 Å². The fraction of sp³-hybridized carbons (Fsp3) is 0.375. The van der Waals surface area contributed by atoms with E-state index in [1.54, 1.807) is 6.92 Å². The second-order valence-electron chi connectivity index (χ2n) is 7.97. The first-order valence-corrected chi connectivity index (χ1v) is 10.6. The molecule has 0 spiro atoms. The Balaban J connectivity index is 1.43. The molecule has 0 saturated heterocycles. The summed E-state index contributed by atoms with van der Waals surface area (Å²) in [6, 6.07) is 15.7. The minimum atomic E-state index is -1.08. The number of aliphatic carboxylic acids is 1. The van der Waals surface area contributed by atoms with Gasteiger partial charge in [0.25, 0.3) is 0 Å². The van der Waals surface area contributed by atoms with Crippen LogP contribution in [0.2, 0.25) is 0 Å². The fourth-order valence-electron chi connectivity index (χ4n) is 3.88. The van der Waals surface area contributed by atoms with Gasteiger partial charge in [-0.05, 0) is 35.6 Å². The summed E-state index contributed by atoms with van der Waals surface area (Å²) in [5.41, 5.74) is 4.48. The van der Waals surface area contributed by atoms with E-state index in [-0.39, 0.29) is 38.0 Å². The summed E-state index contributed by atoms with van der Waals surface area (Å²) in [7, 11) is 0. The summed E-state index contributed by atoms with van der Waals surface area (Å²) in [4.78, 5) is 34.6. The van der Waals surface area contributed by atoms with Gasteiger partial charge in [0, 0.05) is 24.9 Å². The summed E-state index contributed by atoms with van der Waals surface area (Å²) in [6.07, 6.45) is -1.70. The van der Waals surface area contributed by atoms with Crippen molar-refractivity contribution in [3.63, 3.8) is 0 Å². The number of hydrogen-bond acceptors (Lipinski definition) is 5. The normalized spacial score (nSPS) is 14.1. The van der Waals surface area contributed by atoms with E-state index in [0.29, 0.717) is 6.42 Å². The lowest BCUT2D eigenvalue weighted by Crippen LogP contribution is -2.39. The molecule has 2 unspecified atom stereocenters. The number of aliphatic hydroxyl groups excluding tert-OH is 1. The molecule has 0 aliphatic heterocycles. The molecule has 4 N–H and O–H groups in total. The number of fused-ring (bicyclic) bond motifs is 3. The second-order valence-corrected chi connectivity index (χ2v) is 7.97. The molecule has 32 heavy (non-hydrogen) atoms. The molecule has 0 saturated carbocycles. The van der Waals surface area contributed by atoms with Crippen molar-refractivity contribution in [1.29, 1.82) is 0 Å². The van der Waals surface area contributed by atoms with Crippen LogP contribution in [0.15, 0.2) is 48.5 Å². The Morgan fingerprint density at radius 1 is 1.03 bits per heavy atom. The van der Waals surface area contributed by atoms with Crippen LogP contribution in [0.25, 0.3) is 11.1 Å². The average Bonchev–Trinajstić information content (AvgIpc) is 3.08. The summed E-state index contributed by atoms with van der Waals surface area (Å²) < 4.78 is 5.40. The smallest absolute Gasteiger partial charge is 0.407 e. The predicted octanol–water partition coefficient (Wildman–Crippen LogP) is 2.65. The molecule has 8 nitrogen and oxygen atoms in total. The van der Waals surface area contributed by atoms with E-state index in [0.717, 1.165) is 22.3 Å². The van der Waals surface area contributed by atoms with Gasteiger partial charge in [0.2, 0.25) is 5.91 Å². The van der Waals surface area contributed by atoms with Crippen LogP contribution >= 0.6 is 0 Å². The van der Waals surface area contributed by atoms with Gasteiger partial charge in [-0.1, -0.05) is 48.5 Å². The molecular weight excluding hydrogens is 412 g/mol. The van der Waals surface area contributed by atoms with E-state index < -0.39 is 24.1 Å². The average molecular weight is 440 g/mol. The maximum atomic E-state index is 12.1. The SMILES string of the molecule is CC(CCC(=O)O)NC(=O)CC(O)CNC(=O)OCC1c2ccccc2-c2ccccc21. The zero-order chi connectivity index (χ0) is 23.1. The maximum absolute atomic E-state index is 12.1. The minimum absolute atomic E-state index is 0.0483. The number of carboxylic acids is 1. The van der Waals surface area contributed by atoms with Gasteiger partial charge in [0.1, 0.15) is 6.61 Å². The predicted molar refractivity (Wildman–Crippen MR) is 118 cm³/mol. The van der Waals surface area contributed by atoms with Crippen LogP contribution in [-0.4, -0.2) is 53.5 Å². The lowest BCUT2D eigenvalue weighted by atomic mass is 9.98. The number of carbonyl (C=O) groups is 3. The monoisotopic (exact) mass is 440 g/mol. The highest BCUT2D eigenvalue weighted by Gasteiger charge is 2.29. The van der Waals surface area contributed by atoms with Gasteiger partial charge < -0.3 is 25.6 Å². The molecule has 3 rings (SSSR count). The topological polar surface area (TPSA) is 125 Å². The van der Waals surface area contributed by atoms with E-state index >= 15 is 0 Å². The number of rotatable bonds is 10. The summed E-state index contributed by atoms with van der Waals surface area (Å²) in [5.74, 6) is -1.40. The van der Waals surface area contributed by atoms with Crippen molar-refractivity contribution < 1.29 is 29.3 Å². The van der Waals surface area contributed by atoms with Gasteiger partial charge in [-0.3, -0.25) is 9.59 Å². The van der Waals surface area contributed by atoms with Crippen molar-refractivity contribution in [2.75, 3.05) is 13.2 Å². The summed E-state index contributed by atoms with van der Waals surface area (Å²) in [6.45, 7) is 1.73. The number of ether oxygens (including phenoxy) is 1. The minimum Gasteiger partial charge on any atom is -0.481 e. The number of nitrogens with one attached hydrogen (secondary N) is 2. The van der Waals surface area contributed by atoms with Gasteiger partial charge in [-0.25, -0.2) is 4.79 Å². The first-order chi connectivity index (χ1) is 15.3. The highest BCUT2D eigenvalue weighted by Crippen LogP contribution is 2.44. The van der Waals surface area contributed by atoms with Crippen molar-refractivity contribution >= 4 is 18.0 Å². The Bertz CT molecular complexity index is 931. The molecular formula is C24H28N2O6. The molecule has 0 bridgehead atoms. The molecule has 1 aliphatic rings. The third-order valence-electron chi connectivity index (χ3n) is 5.45. The van der Waals surface area contributed by atoms with Crippen LogP contribution in [0.4, 0.5) is 4.79 Å². The van der Waals surface area contributed by atoms with Crippen LogP contribution in [0.3, 0.4) is 0 Å². The lowest BCUT2D eigenvalue weighted by Gasteiger charge is -2.17. The molecule has 0 aromatic heterocycles. The van der Waals surface area contributed by atoms with Crippen LogP contribution in [0, 0.1) is 0 Å². The number of benzene rings is 2. The number of carbonyl (C=O) groups excluding carboxylic acids is 2. The molecule has 0 radical (unpaired) electrons. The summed E-state index contributed by atoms with van der Waals surface area (Å²) >= 11 is 0. The third-order valence-corrected chi connectivity index (χ3v) is 5.45. The van der Waals surface area contributed by atoms with Crippen molar-refractivity contribution in [3.8, 4) is 11.1 Å². The first-order valence-electron chi connectivity index (χ1n) is 10.6. The number of hydrogen-bond donors (Lipinski definition) is 4. The van der Waals surface area contributed by atoms with E-state index in [9.17, 15) is 19.5 Å². The van der Waals surface area contributed by atoms with Crippen molar-refractivity contribution in [3.05, 3.63) is 59.7 Å². The van der Waals surface area contributed by atoms with E-state index in [1.807, 2.05) is 36.4 Å².